The smallest absolute Gasteiger partial charge is 0.254 e. The van der Waals surface area contributed by atoms with Crippen LogP contribution in [0.15, 0.2) is 94.9 Å². The van der Waals surface area contributed by atoms with E-state index in [0.717, 1.165) is 5.56 Å². The molecule has 2 aliphatic heterocycles. The van der Waals surface area contributed by atoms with Crippen molar-refractivity contribution in [1.29, 1.82) is 0 Å². The molecule has 3 aliphatic rings. The second kappa shape index (κ2) is 8.63. The lowest BCUT2D eigenvalue weighted by molar-refractivity contribution is -0.138. The van der Waals surface area contributed by atoms with Gasteiger partial charge in [-0.2, -0.15) is 0 Å². The van der Waals surface area contributed by atoms with E-state index < -0.39 is 21.5 Å². The van der Waals surface area contributed by atoms with Gasteiger partial charge in [0, 0.05) is 31.3 Å². The number of sulfone groups is 1. The van der Waals surface area contributed by atoms with Gasteiger partial charge in [-0.3, -0.25) is 4.79 Å². The van der Waals surface area contributed by atoms with Crippen LogP contribution in [-0.2, 0) is 25.8 Å². The Balaban J connectivity index is 1.48. The Morgan fingerprint density at radius 2 is 1.70 bits per heavy atom. The molecule has 0 N–H and O–H groups in total. The lowest BCUT2D eigenvalue weighted by atomic mass is 9.75. The van der Waals surface area contributed by atoms with E-state index >= 15 is 0 Å². The zero-order valence-electron chi connectivity index (χ0n) is 18.2. The molecule has 7 heteroatoms. The van der Waals surface area contributed by atoms with Crippen LogP contribution < -0.4 is 0 Å². The van der Waals surface area contributed by atoms with Gasteiger partial charge >= 0.3 is 0 Å². The molecule has 0 saturated carbocycles. The molecule has 0 radical (unpaired) electrons. The molecule has 2 aromatic rings. The van der Waals surface area contributed by atoms with Gasteiger partial charge in [0.05, 0.1) is 10.6 Å². The van der Waals surface area contributed by atoms with Crippen molar-refractivity contribution < 1.29 is 17.9 Å². The van der Waals surface area contributed by atoms with Crippen molar-refractivity contribution >= 4 is 22.1 Å². The van der Waals surface area contributed by atoms with Gasteiger partial charge in [0.15, 0.2) is 21.8 Å². The Labute approximate surface area is 194 Å². The molecule has 1 saturated heterocycles. The largest absolute Gasteiger partial charge is 0.477 e. The van der Waals surface area contributed by atoms with Gasteiger partial charge in [-0.15, -0.1) is 0 Å². The van der Waals surface area contributed by atoms with Gasteiger partial charge in [-0.05, 0) is 17.7 Å². The second-order valence-electron chi connectivity index (χ2n) is 8.77. The lowest BCUT2D eigenvalue weighted by Crippen LogP contribution is -2.55. The van der Waals surface area contributed by atoms with Crippen molar-refractivity contribution in [2.24, 2.45) is 16.8 Å². The monoisotopic (exact) mass is 462 g/mol. The Hall–Kier alpha value is -3.19. The third-order valence-corrected chi connectivity index (χ3v) is 8.46. The van der Waals surface area contributed by atoms with Crippen LogP contribution in [0.1, 0.15) is 5.56 Å². The third kappa shape index (κ3) is 4.02. The molecular weight excluding hydrogens is 436 g/mol. The maximum absolute atomic E-state index is 14.0. The summed E-state index contributed by atoms with van der Waals surface area (Å²) in [5.74, 6) is -0.315. The summed E-state index contributed by atoms with van der Waals surface area (Å²) in [6.45, 7) is 0.538. The number of benzene rings is 2. The zero-order valence-corrected chi connectivity index (χ0v) is 19.0. The molecular formula is C26H26N2O4S. The first kappa shape index (κ1) is 21.6. The molecule has 0 bridgehead atoms. The van der Waals surface area contributed by atoms with Crippen LogP contribution in [0.4, 0.5) is 0 Å². The Kier molecular flexibility index (Phi) is 5.66. The van der Waals surface area contributed by atoms with Gasteiger partial charge in [-0.1, -0.05) is 72.8 Å². The summed E-state index contributed by atoms with van der Waals surface area (Å²) in [5, 5.41) is 0. The molecule has 0 spiro atoms. The number of hydrogen-bond donors (Lipinski definition) is 0. The van der Waals surface area contributed by atoms with Crippen LogP contribution in [0.3, 0.4) is 0 Å². The fourth-order valence-electron chi connectivity index (χ4n) is 5.05. The first-order valence-electron chi connectivity index (χ1n) is 11.1. The predicted octanol–water partition coefficient (Wildman–Crippen LogP) is 3.07. The SMILES string of the molecule is O=C1N(CCS(=O)(=O)c2ccccc2)CC2C=CC=CC2[C@@H]2OC=N[C@]12Cc1ccccc1. The van der Waals surface area contributed by atoms with Crippen LogP contribution in [0.5, 0.6) is 0 Å². The number of rotatable bonds is 6. The topological polar surface area (TPSA) is 76.0 Å². The molecule has 1 aliphatic carbocycles. The number of nitrogens with zero attached hydrogens (tertiary/aromatic N) is 2. The van der Waals surface area contributed by atoms with Crippen molar-refractivity contribution in [1.82, 2.24) is 4.90 Å². The quantitative estimate of drug-likeness (QED) is 0.661. The average Bonchev–Trinajstić information content (AvgIpc) is 3.23. The molecule has 33 heavy (non-hydrogen) atoms. The van der Waals surface area contributed by atoms with Crippen LogP contribution in [0, 0.1) is 11.8 Å². The second-order valence-corrected chi connectivity index (χ2v) is 10.9. The van der Waals surface area contributed by atoms with E-state index in [9.17, 15) is 13.2 Å². The molecule has 1 amide bonds. The maximum Gasteiger partial charge on any atom is 0.254 e. The molecule has 6 nitrogen and oxygen atoms in total. The molecule has 2 unspecified atom stereocenters. The highest BCUT2D eigenvalue weighted by atomic mass is 32.2. The van der Waals surface area contributed by atoms with Crippen LogP contribution in [-0.4, -0.2) is 56.1 Å². The molecule has 0 aromatic heterocycles. The minimum Gasteiger partial charge on any atom is -0.477 e. The normalized spacial score (nSPS) is 28.2. The molecule has 170 valence electrons. The van der Waals surface area contributed by atoms with Gasteiger partial charge in [0.25, 0.3) is 5.91 Å². The van der Waals surface area contributed by atoms with E-state index in [0.29, 0.717) is 13.0 Å². The van der Waals surface area contributed by atoms with E-state index in [-0.39, 0.29) is 34.9 Å². The number of carbonyl (C=O) groups is 1. The van der Waals surface area contributed by atoms with Crippen molar-refractivity contribution in [3.05, 3.63) is 90.5 Å². The van der Waals surface area contributed by atoms with Crippen molar-refractivity contribution in [3.63, 3.8) is 0 Å². The number of fused-ring (bicyclic) bond motifs is 3. The fourth-order valence-corrected chi connectivity index (χ4v) is 6.32. The summed E-state index contributed by atoms with van der Waals surface area (Å²) in [6, 6.07) is 18.2. The highest BCUT2D eigenvalue weighted by Crippen LogP contribution is 2.42. The van der Waals surface area contributed by atoms with E-state index in [1.165, 1.54) is 6.40 Å². The number of aliphatic imine (C=N–C) groups is 1. The number of amides is 1. The highest BCUT2D eigenvalue weighted by Gasteiger charge is 2.57. The van der Waals surface area contributed by atoms with E-state index in [1.54, 1.807) is 35.2 Å². The molecule has 4 atom stereocenters. The highest BCUT2D eigenvalue weighted by molar-refractivity contribution is 7.91. The molecule has 5 rings (SSSR count). The van der Waals surface area contributed by atoms with Gasteiger partial charge in [0.2, 0.25) is 0 Å². The molecule has 1 fully saturated rings. The van der Waals surface area contributed by atoms with Gasteiger partial charge in [0.1, 0.15) is 6.10 Å². The zero-order chi connectivity index (χ0) is 22.9. The number of allylic oxidation sites excluding steroid dienone is 2. The predicted molar refractivity (Wildman–Crippen MR) is 127 cm³/mol. The Morgan fingerprint density at radius 1 is 1.00 bits per heavy atom. The van der Waals surface area contributed by atoms with Crippen LogP contribution >= 0.6 is 0 Å². The summed E-state index contributed by atoms with van der Waals surface area (Å²) >= 11 is 0. The van der Waals surface area contributed by atoms with Crippen molar-refractivity contribution in [2.45, 2.75) is 23.0 Å². The lowest BCUT2D eigenvalue weighted by Gasteiger charge is -2.34. The maximum atomic E-state index is 14.0. The van der Waals surface area contributed by atoms with Crippen molar-refractivity contribution in [3.8, 4) is 0 Å². The summed E-state index contributed by atoms with van der Waals surface area (Å²) in [4.78, 5) is 20.6. The van der Waals surface area contributed by atoms with Crippen molar-refractivity contribution in [2.75, 3.05) is 18.8 Å². The molecule has 2 aromatic carbocycles. The minimum atomic E-state index is -3.52. The van der Waals surface area contributed by atoms with Crippen LogP contribution in [0.25, 0.3) is 0 Å². The Morgan fingerprint density at radius 3 is 2.45 bits per heavy atom. The Bertz CT molecular complexity index is 1210. The first-order chi connectivity index (χ1) is 16.0. The average molecular weight is 463 g/mol. The van der Waals surface area contributed by atoms with Crippen LogP contribution in [0.2, 0.25) is 0 Å². The third-order valence-electron chi connectivity index (χ3n) is 6.75. The minimum absolute atomic E-state index is 0.0270. The van der Waals surface area contributed by atoms with E-state index in [1.807, 2.05) is 42.5 Å². The number of carbonyl (C=O) groups excluding carboxylic acids is 1. The van der Waals surface area contributed by atoms with Gasteiger partial charge < -0.3 is 9.64 Å². The number of ether oxygens (including phenoxy) is 1. The van der Waals surface area contributed by atoms with E-state index in [4.69, 9.17) is 4.74 Å². The molecule has 2 heterocycles. The number of likely N-dealkylation sites (tertiary alicyclic amines) is 1. The number of hydrogen-bond acceptors (Lipinski definition) is 5. The summed E-state index contributed by atoms with van der Waals surface area (Å²) in [5.41, 5.74) is -0.128. The summed E-state index contributed by atoms with van der Waals surface area (Å²) in [7, 11) is -3.52. The van der Waals surface area contributed by atoms with E-state index in [2.05, 4.69) is 17.1 Å². The van der Waals surface area contributed by atoms with Gasteiger partial charge in [-0.25, -0.2) is 13.4 Å². The standard InChI is InChI=1S/C26H26N2O4S/c29-25-26(17-20-9-3-1-4-10-20)24(32-19-27-26)23-14-8-7-11-21(23)18-28(25)15-16-33(30,31)22-12-5-2-6-13-22/h1-14,19,21,23-24H,15-18H2/t21?,23?,24-,26-/m0/s1. The fraction of sp³-hybridized carbons (Fsp3) is 0.308. The summed E-state index contributed by atoms with van der Waals surface area (Å²) in [6.07, 6.45) is 9.49. The first-order valence-corrected chi connectivity index (χ1v) is 12.8. The summed E-state index contributed by atoms with van der Waals surface area (Å²) < 4.78 is 31.8.